The summed E-state index contributed by atoms with van der Waals surface area (Å²) in [7, 11) is 0. The highest BCUT2D eigenvalue weighted by molar-refractivity contribution is 7.13. The van der Waals surface area contributed by atoms with Crippen LogP contribution < -0.4 is 0 Å². The molecule has 0 amide bonds. The highest BCUT2D eigenvalue weighted by Crippen LogP contribution is 2.33. The van der Waals surface area contributed by atoms with Crippen LogP contribution in [0.4, 0.5) is 0 Å². The molecule has 3 heterocycles. The molecule has 2 nitrogen and oxygen atoms in total. The maximum absolute atomic E-state index is 6.22. The number of para-hydroxylation sites is 1. The van der Waals surface area contributed by atoms with Crippen LogP contribution in [0.3, 0.4) is 0 Å². The van der Waals surface area contributed by atoms with Crippen LogP contribution in [-0.2, 0) is 0 Å². The first-order valence-electron chi connectivity index (χ1n) is 7.34. The number of rotatable bonds is 1. The van der Waals surface area contributed by atoms with Gasteiger partial charge in [0.05, 0.1) is 21.4 Å². The van der Waals surface area contributed by atoms with E-state index in [4.69, 9.17) is 16.6 Å². The normalized spacial score (nSPS) is 11.7. The van der Waals surface area contributed by atoms with Gasteiger partial charge in [0, 0.05) is 15.8 Å². The van der Waals surface area contributed by atoms with Crippen molar-refractivity contribution in [2.45, 2.75) is 0 Å². The van der Waals surface area contributed by atoms with Crippen molar-refractivity contribution in [1.82, 2.24) is 9.38 Å². The molecule has 0 saturated carbocycles. The number of halogens is 1. The van der Waals surface area contributed by atoms with Gasteiger partial charge in [-0.2, -0.15) is 0 Å². The molecule has 4 heteroatoms. The third-order valence-corrected chi connectivity index (χ3v) is 5.23. The second-order valence-electron chi connectivity index (χ2n) is 5.50. The third-order valence-electron chi connectivity index (χ3n) is 4.13. The zero-order chi connectivity index (χ0) is 15.4. The molecule has 3 aromatic heterocycles. The maximum atomic E-state index is 6.22. The van der Waals surface area contributed by atoms with Crippen LogP contribution in [0.5, 0.6) is 0 Å². The van der Waals surface area contributed by atoms with E-state index in [2.05, 4.69) is 52.2 Å². The number of aromatic nitrogens is 2. The Kier molecular flexibility index (Phi) is 2.75. The molecule has 0 spiro atoms. The van der Waals surface area contributed by atoms with Crippen molar-refractivity contribution in [3.8, 4) is 10.7 Å². The van der Waals surface area contributed by atoms with Gasteiger partial charge >= 0.3 is 0 Å². The predicted octanol–water partition coefficient (Wildman–Crippen LogP) is 6.02. The molecule has 0 fully saturated rings. The van der Waals surface area contributed by atoms with Gasteiger partial charge in [-0.25, -0.2) is 4.98 Å². The zero-order valence-corrected chi connectivity index (χ0v) is 13.6. The van der Waals surface area contributed by atoms with E-state index in [1.54, 1.807) is 11.3 Å². The van der Waals surface area contributed by atoms with Gasteiger partial charge in [0.2, 0.25) is 0 Å². The summed E-state index contributed by atoms with van der Waals surface area (Å²) < 4.78 is 2.24. The van der Waals surface area contributed by atoms with E-state index in [9.17, 15) is 0 Å². The highest BCUT2D eigenvalue weighted by Gasteiger charge is 2.14. The molecule has 0 N–H and O–H groups in total. The average molecular weight is 335 g/mol. The van der Waals surface area contributed by atoms with Crippen LogP contribution in [0.2, 0.25) is 5.02 Å². The van der Waals surface area contributed by atoms with E-state index in [1.165, 1.54) is 10.9 Å². The smallest absolute Gasteiger partial charge is 0.155 e. The Bertz CT molecular complexity index is 1170. The second-order valence-corrected chi connectivity index (χ2v) is 6.88. The first kappa shape index (κ1) is 13.1. The number of thiophene rings is 1. The SMILES string of the molecule is Clc1ccc2nc(-c3cccs3)n3c4ccccc4cc3c2c1. The maximum Gasteiger partial charge on any atom is 0.155 e. The number of benzene rings is 2. The number of hydrogen-bond donors (Lipinski definition) is 0. The molecular weight excluding hydrogens is 324 g/mol. The lowest BCUT2D eigenvalue weighted by molar-refractivity contribution is 1.18. The van der Waals surface area contributed by atoms with Gasteiger partial charge in [0.15, 0.2) is 5.82 Å². The Balaban J connectivity index is 2.08. The minimum Gasteiger partial charge on any atom is -0.293 e. The summed E-state index contributed by atoms with van der Waals surface area (Å²) in [6, 6.07) is 20.7. The Morgan fingerprint density at radius 3 is 2.70 bits per heavy atom. The molecule has 110 valence electrons. The summed E-state index contributed by atoms with van der Waals surface area (Å²) in [6.45, 7) is 0. The van der Waals surface area contributed by atoms with Crippen molar-refractivity contribution in [2.24, 2.45) is 0 Å². The molecule has 2 aromatic carbocycles. The molecule has 5 rings (SSSR count). The van der Waals surface area contributed by atoms with Crippen LogP contribution >= 0.6 is 22.9 Å². The fraction of sp³-hybridized carbons (Fsp3) is 0. The average Bonchev–Trinajstić information content (AvgIpc) is 3.22. The minimum absolute atomic E-state index is 0.732. The molecule has 0 bridgehead atoms. The van der Waals surface area contributed by atoms with E-state index in [-0.39, 0.29) is 0 Å². The first-order valence-corrected chi connectivity index (χ1v) is 8.60. The summed E-state index contributed by atoms with van der Waals surface area (Å²) in [5.74, 6) is 0.978. The van der Waals surface area contributed by atoms with Crippen molar-refractivity contribution in [3.63, 3.8) is 0 Å². The monoisotopic (exact) mass is 334 g/mol. The van der Waals surface area contributed by atoms with Gasteiger partial charge in [-0.15, -0.1) is 11.3 Å². The lowest BCUT2D eigenvalue weighted by atomic mass is 10.2. The van der Waals surface area contributed by atoms with E-state index >= 15 is 0 Å². The summed E-state index contributed by atoms with van der Waals surface area (Å²) in [5, 5.41) is 5.10. The van der Waals surface area contributed by atoms with Gasteiger partial charge in [-0.1, -0.05) is 35.9 Å². The van der Waals surface area contributed by atoms with Gasteiger partial charge in [-0.3, -0.25) is 4.40 Å². The zero-order valence-electron chi connectivity index (χ0n) is 12.0. The largest absolute Gasteiger partial charge is 0.293 e. The van der Waals surface area contributed by atoms with Gasteiger partial charge in [0.1, 0.15) is 0 Å². The molecule has 0 saturated heterocycles. The van der Waals surface area contributed by atoms with E-state index in [1.807, 2.05) is 18.2 Å². The Morgan fingerprint density at radius 1 is 0.913 bits per heavy atom. The molecule has 5 aromatic rings. The van der Waals surface area contributed by atoms with Gasteiger partial charge < -0.3 is 0 Å². The third kappa shape index (κ3) is 1.90. The molecule has 0 atom stereocenters. The molecule has 0 aliphatic rings. The Labute approximate surface area is 141 Å². The Hall–Kier alpha value is -2.36. The van der Waals surface area contributed by atoms with Crippen molar-refractivity contribution in [1.29, 1.82) is 0 Å². The predicted molar refractivity (Wildman–Crippen MR) is 98.5 cm³/mol. The molecule has 0 aliphatic carbocycles. The van der Waals surface area contributed by atoms with Crippen LogP contribution in [0.1, 0.15) is 0 Å². The van der Waals surface area contributed by atoms with Gasteiger partial charge in [-0.05, 0) is 41.8 Å². The van der Waals surface area contributed by atoms with Crippen molar-refractivity contribution < 1.29 is 0 Å². The van der Waals surface area contributed by atoms with Crippen molar-refractivity contribution in [2.75, 3.05) is 0 Å². The molecular formula is C19H11ClN2S. The van der Waals surface area contributed by atoms with Gasteiger partial charge in [0.25, 0.3) is 0 Å². The van der Waals surface area contributed by atoms with Crippen LogP contribution in [0.25, 0.3) is 38.0 Å². The van der Waals surface area contributed by atoms with Crippen molar-refractivity contribution in [3.05, 3.63) is 71.1 Å². The highest BCUT2D eigenvalue weighted by atomic mass is 35.5. The van der Waals surface area contributed by atoms with E-state index in [0.29, 0.717) is 0 Å². The van der Waals surface area contributed by atoms with Crippen LogP contribution in [-0.4, -0.2) is 9.38 Å². The fourth-order valence-electron chi connectivity index (χ4n) is 3.13. The lowest BCUT2D eigenvalue weighted by Gasteiger charge is -2.09. The molecule has 0 unspecified atom stereocenters. The molecule has 23 heavy (non-hydrogen) atoms. The molecule has 0 aliphatic heterocycles. The van der Waals surface area contributed by atoms with E-state index < -0.39 is 0 Å². The first-order chi connectivity index (χ1) is 11.3. The summed E-state index contributed by atoms with van der Waals surface area (Å²) >= 11 is 7.93. The number of nitrogens with zero attached hydrogens (tertiary/aromatic N) is 2. The minimum atomic E-state index is 0.732. The summed E-state index contributed by atoms with van der Waals surface area (Å²) in [6.07, 6.45) is 0. The summed E-state index contributed by atoms with van der Waals surface area (Å²) in [4.78, 5) is 6.08. The van der Waals surface area contributed by atoms with Crippen LogP contribution in [0, 0.1) is 0 Å². The fourth-order valence-corrected chi connectivity index (χ4v) is 4.00. The Morgan fingerprint density at radius 2 is 1.83 bits per heavy atom. The van der Waals surface area contributed by atoms with Crippen molar-refractivity contribution >= 4 is 50.3 Å². The topological polar surface area (TPSA) is 17.3 Å². The lowest BCUT2D eigenvalue weighted by Crippen LogP contribution is -1.96. The quantitative estimate of drug-likeness (QED) is 0.366. The summed E-state index contributed by atoms with van der Waals surface area (Å²) in [5.41, 5.74) is 3.27. The number of hydrogen-bond acceptors (Lipinski definition) is 2. The molecule has 0 radical (unpaired) electrons. The second kappa shape index (κ2) is 4.82. The van der Waals surface area contributed by atoms with Crippen LogP contribution in [0.15, 0.2) is 66.0 Å². The van der Waals surface area contributed by atoms with E-state index in [0.717, 1.165) is 32.1 Å². The number of fused-ring (bicyclic) bond motifs is 5. The standard InChI is InChI=1S/C19H11ClN2S/c20-13-7-8-15-14(11-13)17-10-12-4-1-2-5-16(12)22(17)19(21-15)18-6-3-9-23-18/h1-11H.